The molecule has 0 fully saturated rings. The molecule has 3 N–H and O–H groups in total. The maximum absolute atomic E-state index is 12.2. The van der Waals surface area contributed by atoms with Crippen LogP contribution in [0.1, 0.15) is 16.1 Å². The number of nitrogens with zero attached hydrogens (tertiary/aromatic N) is 1. The van der Waals surface area contributed by atoms with Crippen molar-refractivity contribution in [3.63, 3.8) is 0 Å². The standard InChI is InChI=1S/C19H20N4O3/c1-26-14-6-4-5-13(11-14)9-10-20-17(24)12-21-19(25)18-15-7-2-3-8-16(15)22-23-18/h2-8,11H,9-10,12H2,1H3,(H,20,24)(H,21,25)(H,22,23). The fourth-order valence-corrected chi connectivity index (χ4v) is 2.62. The van der Waals surface area contributed by atoms with E-state index in [9.17, 15) is 9.59 Å². The number of rotatable bonds is 7. The quantitative estimate of drug-likeness (QED) is 0.602. The third kappa shape index (κ3) is 4.18. The van der Waals surface area contributed by atoms with Gasteiger partial charge in [-0.1, -0.05) is 30.3 Å². The minimum Gasteiger partial charge on any atom is -0.497 e. The number of nitrogens with one attached hydrogen (secondary N) is 3. The molecule has 1 aromatic heterocycles. The molecular weight excluding hydrogens is 332 g/mol. The average Bonchev–Trinajstić information content (AvgIpc) is 3.10. The lowest BCUT2D eigenvalue weighted by Crippen LogP contribution is -2.37. The summed E-state index contributed by atoms with van der Waals surface area (Å²) in [4.78, 5) is 24.1. The van der Waals surface area contributed by atoms with Crippen molar-refractivity contribution >= 4 is 22.7 Å². The Labute approximate surface area is 150 Å². The van der Waals surface area contributed by atoms with Crippen LogP contribution in [0, 0.1) is 0 Å². The highest BCUT2D eigenvalue weighted by Gasteiger charge is 2.14. The Hall–Kier alpha value is -3.35. The molecule has 0 aliphatic carbocycles. The number of fused-ring (bicyclic) bond motifs is 1. The molecule has 26 heavy (non-hydrogen) atoms. The molecule has 2 amide bonds. The third-order valence-corrected chi connectivity index (χ3v) is 3.96. The monoisotopic (exact) mass is 352 g/mol. The van der Waals surface area contributed by atoms with E-state index in [4.69, 9.17) is 4.74 Å². The summed E-state index contributed by atoms with van der Waals surface area (Å²) >= 11 is 0. The van der Waals surface area contributed by atoms with Gasteiger partial charge in [-0.15, -0.1) is 0 Å². The first-order valence-corrected chi connectivity index (χ1v) is 8.28. The predicted octanol–water partition coefficient (Wildman–Crippen LogP) is 1.66. The summed E-state index contributed by atoms with van der Waals surface area (Å²) in [5.41, 5.74) is 2.13. The number of hydrogen-bond donors (Lipinski definition) is 3. The van der Waals surface area contributed by atoms with E-state index < -0.39 is 0 Å². The Kier molecular flexibility index (Phi) is 5.48. The van der Waals surface area contributed by atoms with Gasteiger partial charge in [0, 0.05) is 11.9 Å². The molecule has 7 nitrogen and oxygen atoms in total. The van der Waals surface area contributed by atoms with Gasteiger partial charge in [-0.05, 0) is 30.2 Å². The van der Waals surface area contributed by atoms with Crippen LogP contribution >= 0.6 is 0 Å². The lowest BCUT2D eigenvalue weighted by molar-refractivity contribution is -0.120. The molecule has 3 rings (SSSR count). The molecule has 0 aliphatic heterocycles. The SMILES string of the molecule is COc1cccc(CCNC(=O)CNC(=O)c2n[nH]c3ccccc23)c1. The van der Waals surface area contributed by atoms with Crippen molar-refractivity contribution in [3.05, 3.63) is 59.8 Å². The molecule has 7 heteroatoms. The Balaban J connectivity index is 1.45. The second kappa shape index (κ2) is 8.15. The van der Waals surface area contributed by atoms with Crippen LogP contribution in [0.2, 0.25) is 0 Å². The molecule has 2 aromatic carbocycles. The number of aromatic amines is 1. The first-order valence-electron chi connectivity index (χ1n) is 8.28. The number of methoxy groups -OCH3 is 1. The number of aromatic nitrogens is 2. The van der Waals surface area contributed by atoms with Crippen LogP contribution in [0.25, 0.3) is 10.9 Å². The second-order valence-electron chi connectivity index (χ2n) is 5.75. The first kappa shape index (κ1) is 17.5. The van der Waals surface area contributed by atoms with Gasteiger partial charge in [0.05, 0.1) is 19.2 Å². The highest BCUT2D eigenvalue weighted by molar-refractivity contribution is 6.05. The molecule has 0 saturated carbocycles. The number of amides is 2. The normalized spacial score (nSPS) is 10.5. The third-order valence-electron chi connectivity index (χ3n) is 3.96. The molecule has 0 bridgehead atoms. The van der Waals surface area contributed by atoms with Crippen LogP contribution in [-0.2, 0) is 11.2 Å². The van der Waals surface area contributed by atoms with E-state index in [0.29, 0.717) is 13.0 Å². The van der Waals surface area contributed by atoms with Crippen molar-refractivity contribution in [2.24, 2.45) is 0 Å². The topological polar surface area (TPSA) is 96.1 Å². The van der Waals surface area contributed by atoms with Crippen molar-refractivity contribution in [2.75, 3.05) is 20.2 Å². The van der Waals surface area contributed by atoms with Gasteiger partial charge in [0.1, 0.15) is 5.75 Å². The van der Waals surface area contributed by atoms with E-state index in [1.54, 1.807) is 7.11 Å². The smallest absolute Gasteiger partial charge is 0.272 e. The number of H-pyrrole nitrogens is 1. The van der Waals surface area contributed by atoms with E-state index in [1.807, 2.05) is 48.5 Å². The van der Waals surface area contributed by atoms with Gasteiger partial charge in [0.2, 0.25) is 5.91 Å². The average molecular weight is 352 g/mol. The molecule has 0 saturated heterocycles. The first-order chi connectivity index (χ1) is 12.7. The Morgan fingerprint density at radius 2 is 1.96 bits per heavy atom. The van der Waals surface area contributed by atoms with E-state index in [-0.39, 0.29) is 24.1 Å². The van der Waals surface area contributed by atoms with Crippen LogP contribution in [0.5, 0.6) is 5.75 Å². The number of para-hydroxylation sites is 1. The van der Waals surface area contributed by atoms with Gasteiger partial charge in [0.25, 0.3) is 5.91 Å². The molecule has 0 unspecified atom stereocenters. The van der Waals surface area contributed by atoms with Crippen LogP contribution in [0.15, 0.2) is 48.5 Å². The van der Waals surface area contributed by atoms with Crippen molar-refractivity contribution in [1.82, 2.24) is 20.8 Å². The number of ether oxygens (including phenoxy) is 1. The lowest BCUT2D eigenvalue weighted by Gasteiger charge is -2.07. The fourth-order valence-electron chi connectivity index (χ4n) is 2.62. The molecule has 134 valence electrons. The van der Waals surface area contributed by atoms with Gasteiger partial charge in [0.15, 0.2) is 5.69 Å². The largest absolute Gasteiger partial charge is 0.497 e. The lowest BCUT2D eigenvalue weighted by atomic mass is 10.1. The summed E-state index contributed by atoms with van der Waals surface area (Å²) in [7, 11) is 1.62. The van der Waals surface area contributed by atoms with Crippen LogP contribution < -0.4 is 15.4 Å². The molecule has 0 radical (unpaired) electrons. The molecule has 3 aromatic rings. The molecule has 1 heterocycles. The van der Waals surface area contributed by atoms with E-state index in [1.165, 1.54) is 0 Å². The van der Waals surface area contributed by atoms with Gasteiger partial charge >= 0.3 is 0 Å². The van der Waals surface area contributed by atoms with Crippen molar-refractivity contribution in [1.29, 1.82) is 0 Å². The minimum absolute atomic E-state index is 0.0991. The Bertz CT molecular complexity index is 920. The summed E-state index contributed by atoms with van der Waals surface area (Å²) in [6.45, 7) is 0.380. The number of carbonyl (C=O) groups is 2. The molecule has 0 atom stereocenters. The summed E-state index contributed by atoms with van der Waals surface area (Å²) in [5, 5.41) is 12.9. The van der Waals surface area contributed by atoms with Crippen LogP contribution in [0.4, 0.5) is 0 Å². The molecular formula is C19H20N4O3. The van der Waals surface area contributed by atoms with Crippen LogP contribution in [-0.4, -0.2) is 42.2 Å². The highest BCUT2D eigenvalue weighted by Crippen LogP contribution is 2.14. The van der Waals surface area contributed by atoms with Crippen molar-refractivity contribution in [2.45, 2.75) is 6.42 Å². The number of carbonyl (C=O) groups excluding carboxylic acids is 2. The van der Waals surface area contributed by atoms with Crippen molar-refractivity contribution < 1.29 is 14.3 Å². The maximum Gasteiger partial charge on any atom is 0.272 e. The number of hydrogen-bond acceptors (Lipinski definition) is 4. The molecule has 0 spiro atoms. The number of benzene rings is 2. The Morgan fingerprint density at radius 1 is 1.12 bits per heavy atom. The maximum atomic E-state index is 12.2. The van der Waals surface area contributed by atoms with Gasteiger partial charge < -0.3 is 15.4 Å². The zero-order chi connectivity index (χ0) is 18.4. The summed E-state index contributed by atoms with van der Waals surface area (Å²) in [5.74, 6) is 0.152. The summed E-state index contributed by atoms with van der Waals surface area (Å²) in [6, 6.07) is 15.0. The summed E-state index contributed by atoms with van der Waals surface area (Å²) in [6.07, 6.45) is 0.681. The Morgan fingerprint density at radius 3 is 2.81 bits per heavy atom. The summed E-state index contributed by atoms with van der Waals surface area (Å²) < 4.78 is 5.17. The van der Waals surface area contributed by atoms with Gasteiger partial charge in [-0.3, -0.25) is 14.7 Å². The zero-order valence-corrected chi connectivity index (χ0v) is 14.4. The van der Waals surface area contributed by atoms with E-state index in [0.717, 1.165) is 22.2 Å². The molecule has 0 aliphatic rings. The van der Waals surface area contributed by atoms with Crippen LogP contribution in [0.3, 0.4) is 0 Å². The van der Waals surface area contributed by atoms with E-state index >= 15 is 0 Å². The van der Waals surface area contributed by atoms with Crippen molar-refractivity contribution in [3.8, 4) is 5.75 Å². The second-order valence-corrected chi connectivity index (χ2v) is 5.75. The zero-order valence-electron chi connectivity index (χ0n) is 14.4. The predicted molar refractivity (Wildman–Crippen MR) is 98.1 cm³/mol. The van der Waals surface area contributed by atoms with Gasteiger partial charge in [-0.25, -0.2) is 0 Å². The fraction of sp³-hybridized carbons (Fsp3) is 0.211. The minimum atomic E-state index is -0.384. The van der Waals surface area contributed by atoms with Gasteiger partial charge in [-0.2, -0.15) is 5.10 Å². The highest BCUT2D eigenvalue weighted by atomic mass is 16.5. The van der Waals surface area contributed by atoms with E-state index in [2.05, 4.69) is 20.8 Å².